The molecule has 382 valence electrons. The van der Waals surface area contributed by atoms with Crippen LogP contribution in [-0.4, -0.2) is 160 Å². The fraction of sp³-hybridized carbons (Fsp3) is 0.511. The van der Waals surface area contributed by atoms with Crippen molar-refractivity contribution < 1.29 is 53.0 Å². The van der Waals surface area contributed by atoms with Crippen LogP contribution < -0.4 is 49.5 Å². The lowest BCUT2D eigenvalue weighted by molar-refractivity contribution is -0.170. The van der Waals surface area contributed by atoms with E-state index >= 15 is 0 Å². The Hall–Kier alpha value is -6.60. The molecule has 0 unspecified atom stereocenters. The number of hydrogen-bond acceptors (Lipinski definition) is 14. The van der Waals surface area contributed by atoms with E-state index in [-0.39, 0.29) is 81.4 Å². The van der Waals surface area contributed by atoms with Gasteiger partial charge < -0.3 is 69.2 Å². The zero-order valence-corrected chi connectivity index (χ0v) is 40.6. The molecule has 25 heteroatoms. The van der Waals surface area contributed by atoms with Crippen LogP contribution in [0, 0.1) is 0 Å². The molecule has 2 saturated heterocycles. The first-order valence-electron chi connectivity index (χ1n) is 22.7. The number of carbonyl (C=O) groups excluding carboxylic acids is 9. The molecule has 70 heavy (non-hydrogen) atoms. The predicted octanol–water partition coefficient (Wildman–Crippen LogP) is -3.13. The van der Waals surface area contributed by atoms with Crippen LogP contribution in [0.5, 0.6) is 5.75 Å². The number of aromatic hydroxyl groups is 1. The van der Waals surface area contributed by atoms with E-state index in [9.17, 15) is 48.3 Å². The molecule has 8 atom stereocenters. The summed E-state index contributed by atoms with van der Waals surface area (Å²) in [6.45, 7) is 0.842. The highest BCUT2D eigenvalue weighted by Gasteiger charge is 2.45. The molecule has 2 aliphatic heterocycles. The van der Waals surface area contributed by atoms with Gasteiger partial charge in [-0.1, -0.05) is 42.5 Å². The van der Waals surface area contributed by atoms with E-state index < -0.39 is 115 Å². The molecule has 0 radical (unpaired) electrons. The molecule has 0 spiro atoms. The second-order valence-electron chi connectivity index (χ2n) is 16.9. The van der Waals surface area contributed by atoms with Crippen LogP contribution in [0.15, 0.2) is 59.6 Å². The predicted molar refractivity (Wildman–Crippen MR) is 262 cm³/mol. The van der Waals surface area contributed by atoms with E-state index in [0.29, 0.717) is 12.0 Å². The molecule has 2 fully saturated rings. The lowest BCUT2D eigenvalue weighted by Crippen LogP contribution is -2.65. The Balaban J connectivity index is 1.57. The maximum Gasteiger partial charge on any atom is 0.252 e. The molecule has 2 aliphatic rings. The zero-order valence-electron chi connectivity index (χ0n) is 38.8. The summed E-state index contributed by atoms with van der Waals surface area (Å²) in [6.07, 6.45) is -1.78. The first-order valence-corrected chi connectivity index (χ1v) is 24.0. The van der Waals surface area contributed by atoms with Crippen molar-refractivity contribution in [3.8, 4) is 5.75 Å². The smallest absolute Gasteiger partial charge is 0.252 e. The SMILES string of the molecule is C[C@@H]1O[C@H]([C@H](Cc2ccccc2)NC(=O)[C@H](Cc2ccc(O)cc2)NC(=O)CCS)CN([C@@H](CC(N)=O)C(=O)N[C@@H](CS)C(=O)N2CCC[C@H]2C(=O)N[C@H](CCCN=C(N)N)C(=O)NCC(N)=O)C1=O. The van der Waals surface area contributed by atoms with Gasteiger partial charge in [0.25, 0.3) is 5.91 Å². The normalized spacial score (nSPS) is 18.8. The van der Waals surface area contributed by atoms with E-state index in [4.69, 9.17) is 27.7 Å². The van der Waals surface area contributed by atoms with Crippen LogP contribution in [0.4, 0.5) is 0 Å². The largest absolute Gasteiger partial charge is 0.508 e. The molecule has 4 rings (SSSR count). The highest BCUT2D eigenvalue weighted by molar-refractivity contribution is 7.80. The first kappa shape index (κ1) is 56.0. The lowest BCUT2D eigenvalue weighted by atomic mass is 9.96. The molecular weight excluding hydrogens is 949 g/mol. The summed E-state index contributed by atoms with van der Waals surface area (Å²) in [5, 5.41) is 23.2. The third-order valence-corrected chi connectivity index (χ3v) is 12.1. The maximum absolute atomic E-state index is 14.3. The Morgan fingerprint density at radius 3 is 2.14 bits per heavy atom. The van der Waals surface area contributed by atoms with Crippen molar-refractivity contribution in [3.05, 3.63) is 65.7 Å². The second kappa shape index (κ2) is 27.6. The second-order valence-corrected chi connectivity index (χ2v) is 17.7. The van der Waals surface area contributed by atoms with Crippen LogP contribution in [-0.2, 0) is 60.7 Å². The van der Waals surface area contributed by atoms with Gasteiger partial charge in [-0.05, 0) is 68.0 Å². The fourth-order valence-corrected chi connectivity index (χ4v) is 8.54. The standard InChI is InChI=1S/C45H64N12O11S2/c1-25-43(66)57(23-35(68-25)30(19-26-7-3-2-4-8-26)54-40(63)31(52-38(61)15-18-69)20-27-11-13-28(58)14-12-27)34(21-36(46)59)42(65)55-32(24-70)44(67)56-17-6-10-33(56)41(64)53-29(9-5-16-50-45(48)49)39(62)51-22-37(47)60/h2-4,7-8,11-14,25,29-35,58,69-70H,5-6,9-10,15-24H2,1H3,(H2,46,59)(H2,47,60)(H,51,62)(H,52,61)(H,53,64)(H,54,63)(H,55,65)(H4,48,49,50)/t25-,29+,30-,31-,32-,33-,34-,35-/m0/s1. The quantitative estimate of drug-likeness (QED) is 0.0192. The highest BCUT2D eigenvalue weighted by atomic mass is 32.1. The number of ether oxygens (including phenoxy) is 1. The Kier molecular flexibility index (Phi) is 22.0. The summed E-state index contributed by atoms with van der Waals surface area (Å²) in [5.41, 5.74) is 23.0. The number of hydrogen-bond donors (Lipinski definition) is 12. The van der Waals surface area contributed by atoms with E-state index in [0.717, 1.165) is 10.5 Å². The molecule has 23 nitrogen and oxygen atoms in total. The van der Waals surface area contributed by atoms with Gasteiger partial charge in [0.2, 0.25) is 47.3 Å². The number of carbonyl (C=O) groups is 9. The molecule has 2 aromatic carbocycles. The van der Waals surface area contributed by atoms with Crippen molar-refractivity contribution in [1.29, 1.82) is 0 Å². The number of nitrogens with one attached hydrogen (secondary N) is 5. The van der Waals surface area contributed by atoms with Gasteiger partial charge in [0.1, 0.15) is 42.1 Å². The van der Waals surface area contributed by atoms with Gasteiger partial charge in [0.15, 0.2) is 5.96 Å². The lowest BCUT2D eigenvalue weighted by Gasteiger charge is -2.43. The number of nitrogens with zero attached hydrogens (tertiary/aromatic N) is 3. The fourth-order valence-electron chi connectivity index (χ4n) is 8.08. The Morgan fingerprint density at radius 2 is 1.51 bits per heavy atom. The Labute approximate surface area is 416 Å². The minimum Gasteiger partial charge on any atom is -0.508 e. The van der Waals surface area contributed by atoms with Gasteiger partial charge in [0.05, 0.1) is 25.1 Å². The topological polar surface area (TPSA) is 366 Å². The monoisotopic (exact) mass is 1010 g/mol. The van der Waals surface area contributed by atoms with Crippen molar-refractivity contribution in [2.45, 2.75) is 107 Å². The van der Waals surface area contributed by atoms with Crippen LogP contribution >= 0.6 is 25.3 Å². The molecule has 2 aromatic rings. The first-order chi connectivity index (χ1) is 33.3. The molecule has 0 aliphatic carbocycles. The summed E-state index contributed by atoms with van der Waals surface area (Å²) >= 11 is 8.48. The summed E-state index contributed by atoms with van der Waals surface area (Å²) in [5.74, 6) is -6.75. The number of amides is 9. The molecular formula is C45H64N12O11S2. The maximum atomic E-state index is 14.3. The van der Waals surface area contributed by atoms with Crippen LogP contribution in [0.1, 0.15) is 56.6 Å². The average Bonchev–Trinajstić information content (AvgIpc) is 3.82. The minimum atomic E-state index is -1.58. The number of primary amides is 2. The Bertz CT molecular complexity index is 2200. The van der Waals surface area contributed by atoms with Gasteiger partial charge in [-0.2, -0.15) is 25.3 Å². The van der Waals surface area contributed by atoms with Gasteiger partial charge in [-0.25, -0.2) is 0 Å². The number of nitrogens with two attached hydrogens (primary N) is 4. The molecule has 9 amide bonds. The number of benzene rings is 2. The number of morpholine rings is 1. The number of phenolic OH excluding ortho intramolecular Hbond substituents is 1. The summed E-state index contributed by atoms with van der Waals surface area (Å²) < 4.78 is 6.22. The summed E-state index contributed by atoms with van der Waals surface area (Å²) in [7, 11) is 0. The molecule has 0 bridgehead atoms. The van der Waals surface area contributed by atoms with Crippen molar-refractivity contribution in [2.24, 2.45) is 27.9 Å². The van der Waals surface area contributed by atoms with Crippen molar-refractivity contribution in [1.82, 2.24) is 36.4 Å². The van der Waals surface area contributed by atoms with E-state index in [2.05, 4.69) is 56.8 Å². The van der Waals surface area contributed by atoms with E-state index in [1.807, 2.05) is 18.2 Å². The van der Waals surface area contributed by atoms with Gasteiger partial charge in [0, 0.05) is 38.2 Å². The summed E-state index contributed by atoms with van der Waals surface area (Å²) in [6, 6.07) is 7.97. The number of aliphatic imine (C=N–C) groups is 1. The number of rotatable bonds is 26. The number of phenols is 1. The Morgan fingerprint density at radius 1 is 0.829 bits per heavy atom. The van der Waals surface area contributed by atoms with Crippen LogP contribution in [0.2, 0.25) is 0 Å². The van der Waals surface area contributed by atoms with Crippen LogP contribution in [0.25, 0.3) is 0 Å². The van der Waals surface area contributed by atoms with E-state index in [1.165, 1.54) is 24.0 Å². The van der Waals surface area contributed by atoms with Crippen molar-refractivity contribution >= 4 is 84.4 Å². The van der Waals surface area contributed by atoms with Crippen molar-refractivity contribution in [2.75, 3.05) is 37.7 Å². The average molecular weight is 1010 g/mol. The molecule has 2 heterocycles. The van der Waals surface area contributed by atoms with Gasteiger partial charge in [-0.15, -0.1) is 0 Å². The van der Waals surface area contributed by atoms with Gasteiger partial charge in [-0.3, -0.25) is 48.1 Å². The summed E-state index contributed by atoms with van der Waals surface area (Å²) in [4.78, 5) is 127. The number of likely N-dealkylation sites (tertiary alicyclic amines) is 1. The van der Waals surface area contributed by atoms with Gasteiger partial charge >= 0.3 is 0 Å². The van der Waals surface area contributed by atoms with E-state index in [1.54, 1.807) is 24.3 Å². The third-order valence-electron chi connectivity index (χ3n) is 11.6. The zero-order chi connectivity index (χ0) is 51.5. The third kappa shape index (κ3) is 17.1. The van der Waals surface area contributed by atoms with Crippen molar-refractivity contribution in [3.63, 3.8) is 0 Å². The molecule has 14 N–H and O–H groups in total. The van der Waals surface area contributed by atoms with Crippen LogP contribution in [0.3, 0.4) is 0 Å². The number of thiol groups is 2. The number of guanidine groups is 1. The minimum absolute atomic E-state index is 0.0120. The highest BCUT2D eigenvalue weighted by Crippen LogP contribution is 2.24. The molecule has 0 saturated carbocycles. The molecule has 0 aromatic heterocycles.